The van der Waals surface area contributed by atoms with Crippen LogP contribution in [0, 0.1) is 13.8 Å². The second-order valence-electron chi connectivity index (χ2n) is 6.66. The number of nitrogens with one attached hydrogen (secondary N) is 1. The summed E-state index contributed by atoms with van der Waals surface area (Å²) < 4.78 is 46.9. The average Bonchev–Trinajstić information content (AvgIpc) is 3.30. The lowest BCUT2D eigenvalue weighted by molar-refractivity contribution is -0.274. The van der Waals surface area contributed by atoms with Crippen molar-refractivity contribution < 1.29 is 32.2 Å². The van der Waals surface area contributed by atoms with Gasteiger partial charge in [-0.05, 0) is 61.0 Å². The number of rotatable bonds is 7. The van der Waals surface area contributed by atoms with Gasteiger partial charge in [0.25, 0.3) is 0 Å². The first-order valence-electron chi connectivity index (χ1n) is 9.14. The van der Waals surface area contributed by atoms with Crippen molar-refractivity contribution in [3.05, 3.63) is 46.8 Å². The summed E-state index contributed by atoms with van der Waals surface area (Å²) in [4.78, 5) is 27.9. The summed E-state index contributed by atoms with van der Waals surface area (Å²) in [5.41, 5.74) is 1.95. The van der Waals surface area contributed by atoms with Crippen molar-refractivity contribution in [2.45, 2.75) is 37.5 Å². The fourth-order valence-corrected chi connectivity index (χ4v) is 3.89. The summed E-state index contributed by atoms with van der Waals surface area (Å²) in [5, 5.41) is 10.9. The van der Waals surface area contributed by atoms with E-state index in [9.17, 15) is 22.8 Å². The van der Waals surface area contributed by atoms with Gasteiger partial charge in [-0.15, -0.1) is 18.3 Å². The molecular formula is C19H18F3N5O4S. The number of Topliss-reactive ketones (excluding diaryl/α,β-unsaturated/α-hetero) is 1. The summed E-state index contributed by atoms with van der Waals surface area (Å²) in [6, 6.07) is 4.98. The van der Waals surface area contributed by atoms with E-state index in [1.54, 1.807) is 20.8 Å². The number of aromatic amines is 1. The van der Waals surface area contributed by atoms with Gasteiger partial charge in [0, 0.05) is 5.69 Å². The normalized spacial score (nSPS) is 12.5. The van der Waals surface area contributed by atoms with Crippen molar-refractivity contribution in [1.82, 2.24) is 25.2 Å². The maximum atomic E-state index is 13.0. The number of ether oxygens (including phenoxy) is 2. The molecule has 0 unspecified atom stereocenters. The molecule has 0 fully saturated rings. The summed E-state index contributed by atoms with van der Waals surface area (Å²) in [5.74, 6) is -1.21. The fraction of sp³-hybridized carbons (Fsp3) is 0.316. The summed E-state index contributed by atoms with van der Waals surface area (Å²) >= 11 is 1.06. The Morgan fingerprint density at radius 1 is 1.19 bits per heavy atom. The molecule has 1 atom stereocenters. The van der Waals surface area contributed by atoms with Gasteiger partial charge in [-0.1, -0.05) is 11.8 Å². The predicted octanol–water partition coefficient (Wildman–Crippen LogP) is 3.66. The van der Waals surface area contributed by atoms with Crippen LogP contribution in [0.5, 0.6) is 5.75 Å². The van der Waals surface area contributed by atoms with Crippen molar-refractivity contribution in [3.8, 4) is 11.4 Å². The zero-order chi connectivity index (χ0) is 23.6. The van der Waals surface area contributed by atoms with E-state index in [-0.39, 0.29) is 22.4 Å². The van der Waals surface area contributed by atoms with Crippen LogP contribution in [-0.4, -0.2) is 55.7 Å². The van der Waals surface area contributed by atoms with E-state index >= 15 is 0 Å². The number of benzene rings is 1. The second-order valence-corrected chi connectivity index (χ2v) is 7.96. The molecule has 3 aromatic rings. The Labute approximate surface area is 184 Å². The number of thioether (sulfide) groups is 1. The van der Waals surface area contributed by atoms with Crippen LogP contribution in [0.1, 0.15) is 39.0 Å². The highest BCUT2D eigenvalue weighted by atomic mass is 32.2. The first kappa shape index (κ1) is 23.3. The summed E-state index contributed by atoms with van der Waals surface area (Å²) in [6.45, 7) is 4.97. The Bertz CT molecular complexity index is 1140. The van der Waals surface area contributed by atoms with Gasteiger partial charge in [-0.2, -0.15) is 4.68 Å². The van der Waals surface area contributed by atoms with Crippen molar-refractivity contribution in [2.75, 3.05) is 7.11 Å². The largest absolute Gasteiger partial charge is 0.573 e. The Kier molecular flexibility index (Phi) is 6.57. The maximum Gasteiger partial charge on any atom is 0.573 e. The van der Waals surface area contributed by atoms with Gasteiger partial charge >= 0.3 is 12.3 Å². The third-order valence-corrected chi connectivity index (χ3v) is 5.51. The Morgan fingerprint density at radius 3 is 2.44 bits per heavy atom. The standard InChI is InChI=1S/C19H18F3N5O4S/c1-9-14(17(29)30-4)10(2)23-15(9)16(28)11(3)32-18-24-25-26-27(18)12-5-7-13(8-6-12)31-19(20,21)22/h5-8,11,23H,1-4H3/t11-/m0/s1. The quantitative estimate of drug-likeness (QED) is 0.317. The SMILES string of the molecule is COC(=O)c1c(C)[nH]c(C(=O)[C@H](C)Sc2nnnn2-c2ccc(OC(F)(F)F)cc2)c1C. The lowest BCUT2D eigenvalue weighted by Crippen LogP contribution is -2.17. The molecular weight excluding hydrogens is 451 g/mol. The molecule has 1 N–H and O–H groups in total. The molecule has 170 valence electrons. The highest BCUT2D eigenvalue weighted by molar-refractivity contribution is 8.00. The zero-order valence-electron chi connectivity index (χ0n) is 17.4. The van der Waals surface area contributed by atoms with Crippen molar-refractivity contribution >= 4 is 23.5 Å². The van der Waals surface area contributed by atoms with Gasteiger partial charge in [0.15, 0.2) is 5.78 Å². The molecule has 0 radical (unpaired) electrons. The van der Waals surface area contributed by atoms with Crippen LogP contribution in [-0.2, 0) is 4.74 Å². The van der Waals surface area contributed by atoms with Crippen LogP contribution in [0.25, 0.3) is 5.69 Å². The van der Waals surface area contributed by atoms with E-state index in [0.29, 0.717) is 22.5 Å². The molecule has 2 heterocycles. The van der Waals surface area contributed by atoms with Gasteiger partial charge in [-0.25, -0.2) is 4.79 Å². The van der Waals surface area contributed by atoms with Crippen LogP contribution in [0.15, 0.2) is 29.4 Å². The molecule has 0 bridgehead atoms. The molecule has 9 nitrogen and oxygen atoms in total. The maximum absolute atomic E-state index is 13.0. The van der Waals surface area contributed by atoms with Crippen molar-refractivity contribution in [3.63, 3.8) is 0 Å². The van der Waals surface area contributed by atoms with Gasteiger partial charge in [0.2, 0.25) is 5.16 Å². The number of methoxy groups -OCH3 is 1. The Hall–Kier alpha value is -3.35. The number of hydrogen-bond acceptors (Lipinski definition) is 8. The van der Waals surface area contributed by atoms with Gasteiger partial charge < -0.3 is 14.5 Å². The highest BCUT2D eigenvalue weighted by Crippen LogP contribution is 2.29. The fourth-order valence-electron chi connectivity index (χ4n) is 3.02. The van der Waals surface area contributed by atoms with E-state index in [1.165, 1.54) is 23.9 Å². The number of carbonyl (C=O) groups excluding carboxylic acids is 2. The first-order valence-corrected chi connectivity index (χ1v) is 10.0. The number of carbonyl (C=O) groups is 2. The number of tetrazole rings is 1. The van der Waals surface area contributed by atoms with Crippen LogP contribution in [0.3, 0.4) is 0 Å². The molecule has 32 heavy (non-hydrogen) atoms. The highest BCUT2D eigenvalue weighted by Gasteiger charge is 2.31. The lowest BCUT2D eigenvalue weighted by Gasteiger charge is -2.11. The Balaban J connectivity index is 1.79. The number of nitrogens with zero attached hydrogens (tertiary/aromatic N) is 4. The minimum absolute atomic E-state index is 0.254. The number of ketones is 1. The van der Waals surface area contributed by atoms with Gasteiger partial charge in [0.1, 0.15) is 5.75 Å². The van der Waals surface area contributed by atoms with Crippen LogP contribution in [0.2, 0.25) is 0 Å². The van der Waals surface area contributed by atoms with E-state index in [0.717, 1.165) is 23.9 Å². The predicted molar refractivity (Wildman–Crippen MR) is 107 cm³/mol. The molecule has 1 aromatic carbocycles. The number of alkyl halides is 3. The average molecular weight is 469 g/mol. The minimum atomic E-state index is -4.80. The molecule has 0 amide bonds. The van der Waals surface area contributed by atoms with Crippen molar-refractivity contribution in [1.29, 1.82) is 0 Å². The lowest BCUT2D eigenvalue weighted by atomic mass is 10.1. The minimum Gasteiger partial charge on any atom is -0.465 e. The molecule has 0 saturated carbocycles. The second kappa shape index (κ2) is 9.02. The third kappa shape index (κ3) is 4.93. The number of aryl methyl sites for hydroxylation is 1. The molecule has 3 rings (SSSR count). The van der Waals surface area contributed by atoms with E-state index in [1.807, 2.05) is 0 Å². The number of aromatic nitrogens is 5. The molecule has 0 spiro atoms. The Morgan fingerprint density at radius 2 is 1.84 bits per heavy atom. The molecule has 2 aromatic heterocycles. The smallest absolute Gasteiger partial charge is 0.465 e. The third-order valence-electron chi connectivity index (χ3n) is 4.48. The summed E-state index contributed by atoms with van der Waals surface area (Å²) in [7, 11) is 1.26. The van der Waals surface area contributed by atoms with E-state index < -0.39 is 17.6 Å². The topological polar surface area (TPSA) is 112 Å². The zero-order valence-corrected chi connectivity index (χ0v) is 18.2. The summed E-state index contributed by atoms with van der Waals surface area (Å²) in [6.07, 6.45) is -4.80. The molecule has 0 saturated heterocycles. The monoisotopic (exact) mass is 469 g/mol. The molecule has 0 aliphatic heterocycles. The van der Waals surface area contributed by atoms with Gasteiger partial charge in [-0.3, -0.25) is 4.79 Å². The number of esters is 1. The number of halogens is 3. The first-order chi connectivity index (χ1) is 15.0. The molecule has 13 heteroatoms. The molecule has 0 aliphatic carbocycles. The van der Waals surface area contributed by atoms with Crippen LogP contribution in [0.4, 0.5) is 13.2 Å². The molecule has 0 aliphatic rings. The van der Waals surface area contributed by atoms with Crippen LogP contribution >= 0.6 is 11.8 Å². The number of hydrogen-bond donors (Lipinski definition) is 1. The van der Waals surface area contributed by atoms with Gasteiger partial charge in [0.05, 0.1) is 29.3 Å². The number of H-pyrrole nitrogens is 1. The van der Waals surface area contributed by atoms with E-state index in [2.05, 4.69) is 25.2 Å². The van der Waals surface area contributed by atoms with Crippen molar-refractivity contribution in [2.24, 2.45) is 0 Å². The van der Waals surface area contributed by atoms with Crippen LogP contribution < -0.4 is 4.74 Å². The van der Waals surface area contributed by atoms with E-state index in [4.69, 9.17) is 4.74 Å².